The van der Waals surface area contributed by atoms with Gasteiger partial charge in [-0.05, 0) is 12.8 Å². The van der Waals surface area contributed by atoms with Crippen LogP contribution in [0.25, 0.3) is 0 Å². The van der Waals surface area contributed by atoms with Crippen molar-refractivity contribution in [2.75, 3.05) is 26.4 Å². The van der Waals surface area contributed by atoms with Crippen LogP contribution in [0.3, 0.4) is 0 Å². The van der Waals surface area contributed by atoms with E-state index in [4.69, 9.17) is 19.3 Å². The first-order valence-corrected chi connectivity index (χ1v) is 6.32. The fourth-order valence-electron chi connectivity index (χ4n) is 1.75. The molecule has 0 bridgehead atoms. The van der Waals surface area contributed by atoms with Crippen LogP contribution in [0.1, 0.15) is 39.0 Å². The summed E-state index contributed by atoms with van der Waals surface area (Å²) in [6.45, 7) is 3.78. The van der Waals surface area contributed by atoms with Crippen molar-refractivity contribution in [1.29, 1.82) is 0 Å². The summed E-state index contributed by atoms with van der Waals surface area (Å²) in [5.74, 6) is 0. The molecule has 0 saturated carbocycles. The fourth-order valence-corrected chi connectivity index (χ4v) is 1.75. The predicted octanol–water partition coefficient (Wildman–Crippen LogP) is 1.71. The summed E-state index contributed by atoms with van der Waals surface area (Å²) in [6, 6.07) is 0. The summed E-state index contributed by atoms with van der Waals surface area (Å²) in [5, 5.41) is 8.61. The van der Waals surface area contributed by atoms with Crippen LogP contribution >= 0.6 is 0 Å². The van der Waals surface area contributed by atoms with E-state index in [-0.39, 0.29) is 19.0 Å². The number of rotatable bonds is 8. The van der Waals surface area contributed by atoms with E-state index in [1.807, 2.05) is 0 Å². The topological polar surface area (TPSA) is 47.9 Å². The first kappa shape index (κ1) is 13.9. The van der Waals surface area contributed by atoms with E-state index in [2.05, 4.69) is 6.92 Å². The smallest absolute Gasteiger partial charge is 0.157 e. The summed E-state index contributed by atoms with van der Waals surface area (Å²) in [5.41, 5.74) is 0. The maximum absolute atomic E-state index is 8.61. The van der Waals surface area contributed by atoms with Crippen molar-refractivity contribution in [2.24, 2.45) is 0 Å². The van der Waals surface area contributed by atoms with Crippen LogP contribution in [-0.4, -0.2) is 43.9 Å². The molecule has 0 aromatic carbocycles. The lowest BCUT2D eigenvalue weighted by Crippen LogP contribution is -2.37. The number of unbranched alkanes of at least 4 members (excludes halogenated alkanes) is 3. The lowest BCUT2D eigenvalue weighted by Gasteiger charge is -2.29. The van der Waals surface area contributed by atoms with Crippen molar-refractivity contribution in [3.63, 3.8) is 0 Å². The first-order valence-electron chi connectivity index (χ1n) is 6.32. The van der Waals surface area contributed by atoms with Gasteiger partial charge in [-0.2, -0.15) is 0 Å². The zero-order valence-electron chi connectivity index (χ0n) is 10.2. The van der Waals surface area contributed by atoms with Crippen LogP contribution < -0.4 is 0 Å². The second kappa shape index (κ2) is 8.93. The third kappa shape index (κ3) is 5.80. The van der Waals surface area contributed by atoms with Gasteiger partial charge in [-0.3, -0.25) is 0 Å². The molecule has 1 N–H and O–H groups in total. The Kier molecular flexibility index (Phi) is 7.76. The number of aliphatic hydroxyl groups is 1. The molecule has 1 saturated heterocycles. The molecule has 0 amide bonds. The van der Waals surface area contributed by atoms with Gasteiger partial charge in [-0.15, -0.1) is 0 Å². The minimum Gasteiger partial charge on any atom is -0.394 e. The molecule has 4 heteroatoms. The molecule has 0 unspecified atom stereocenters. The summed E-state index contributed by atoms with van der Waals surface area (Å²) in [6.07, 6.45) is 5.88. The van der Waals surface area contributed by atoms with Gasteiger partial charge in [0.2, 0.25) is 0 Å². The quantitative estimate of drug-likeness (QED) is 0.647. The van der Waals surface area contributed by atoms with Gasteiger partial charge in [0.25, 0.3) is 0 Å². The monoisotopic (exact) mass is 232 g/mol. The van der Waals surface area contributed by atoms with Gasteiger partial charge in [0.15, 0.2) is 6.29 Å². The average Bonchev–Trinajstić information content (AvgIpc) is 2.33. The predicted molar refractivity (Wildman–Crippen MR) is 61.3 cm³/mol. The van der Waals surface area contributed by atoms with Crippen LogP contribution in [0.2, 0.25) is 0 Å². The molecular weight excluding hydrogens is 208 g/mol. The molecule has 1 rings (SSSR count). The maximum Gasteiger partial charge on any atom is 0.157 e. The van der Waals surface area contributed by atoms with Crippen molar-refractivity contribution in [3.8, 4) is 0 Å². The van der Waals surface area contributed by atoms with E-state index in [0.717, 1.165) is 6.42 Å². The van der Waals surface area contributed by atoms with Gasteiger partial charge in [0.05, 0.1) is 26.4 Å². The largest absolute Gasteiger partial charge is 0.394 e. The third-order valence-corrected chi connectivity index (χ3v) is 2.67. The summed E-state index contributed by atoms with van der Waals surface area (Å²) in [7, 11) is 0. The van der Waals surface area contributed by atoms with E-state index in [9.17, 15) is 0 Å². The van der Waals surface area contributed by atoms with Crippen molar-refractivity contribution in [3.05, 3.63) is 0 Å². The van der Waals surface area contributed by atoms with Crippen molar-refractivity contribution >= 4 is 0 Å². The standard InChI is InChI=1S/C12H24O4/c1-2-3-4-5-6-12-15-9-11(10-16-12)14-8-7-13/h11-13H,2-10H2,1H3. The lowest BCUT2D eigenvalue weighted by atomic mass is 10.1. The Hall–Kier alpha value is -0.160. The molecule has 0 aromatic heterocycles. The third-order valence-electron chi connectivity index (χ3n) is 2.67. The number of hydrogen-bond acceptors (Lipinski definition) is 4. The van der Waals surface area contributed by atoms with Gasteiger partial charge < -0.3 is 19.3 Å². The lowest BCUT2D eigenvalue weighted by molar-refractivity contribution is -0.229. The molecule has 1 fully saturated rings. The van der Waals surface area contributed by atoms with Crippen LogP contribution in [0.4, 0.5) is 0 Å². The molecule has 16 heavy (non-hydrogen) atoms. The molecule has 1 aliphatic heterocycles. The molecule has 1 heterocycles. The molecule has 0 radical (unpaired) electrons. The second-order valence-electron chi connectivity index (χ2n) is 4.16. The zero-order valence-corrected chi connectivity index (χ0v) is 10.2. The molecule has 4 nitrogen and oxygen atoms in total. The zero-order chi connectivity index (χ0) is 11.6. The Morgan fingerprint density at radius 3 is 2.56 bits per heavy atom. The minimum atomic E-state index is -0.0502. The van der Waals surface area contributed by atoms with Gasteiger partial charge in [0.1, 0.15) is 6.10 Å². The van der Waals surface area contributed by atoms with E-state index in [0.29, 0.717) is 19.8 Å². The van der Waals surface area contributed by atoms with Gasteiger partial charge in [-0.1, -0.05) is 26.2 Å². The number of hydrogen-bond donors (Lipinski definition) is 1. The van der Waals surface area contributed by atoms with E-state index in [1.165, 1.54) is 25.7 Å². The Morgan fingerprint density at radius 1 is 1.19 bits per heavy atom. The van der Waals surface area contributed by atoms with Crippen LogP contribution in [0.15, 0.2) is 0 Å². The summed E-state index contributed by atoms with van der Waals surface area (Å²) >= 11 is 0. The van der Waals surface area contributed by atoms with Crippen molar-refractivity contribution in [2.45, 2.75) is 51.4 Å². The van der Waals surface area contributed by atoms with Gasteiger partial charge in [-0.25, -0.2) is 0 Å². The summed E-state index contributed by atoms with van der Waals surface area (Å²) < 4.78 is 16.4. The van der Waals surface area contributed by atoms with Crippen LogP contribution in [0, 0.1) is 0 Å². The molecule has 1 aliphatic rings. The molecule has 0 spiro atoms. The Balaban J connectivity index is 1.98. The Labute approximate surface area is 97.9 Å². The highest BCUT2D eigenvalue weighted by Crippen LogP contribution is 2.15. The van der Waals surface area contributed by atoms with Gasteiger partial charge >= 0.3 is 0 Å². The van der Waals surface area contributed by atoms with Crippen LogP contribution in [0.5, 0.6) is 0 Å². The molecule has 0 atom stereocenters. The fraction of sp³-hybridized carbons (Fsp3) is 1.00. The van der Waals surface area contributed by atoms with Gasteiger partial charge in [0, 0.05) is 0 Å². The Morgan fingerprint density at radius 2 is 1.94 bits per heavy atom. The van der Waals surface area contributed by atoms with Crippen molar-refractivity contribution in [1.82, 2.24) is 0 Å². The number of ether oxygens (including phenoxy) is 3. The molecule has 0 aromatic rings. The minimum absolute atomic E-state index is 0.0148. The summed E-state index contributed by atoms with van der Waals surface area (Å²) in [4.78, 5) is 0. The first-order chi connectivity index (χ1) is 7.86. The van der Waals surface area contributed by atoms with Crippen LogP contribution in [-0.2, 0) is 14.2 Å². The molecule has 96 valence electrons. The highest BCUT2D eigenvalue weighted by atomic mass is 16.7. The SMILES string of the molecule is CCCCCCC1OCC(OCCO)CO1. The van der Waals surface area contributed by atoms with E-state index < -0.39 is 0 Å². The molecule has 0 aliphatic carbocycles. The maximum atomic E-state index is 8.61. The normalized spacial score (nSPS) is 25.9. The van der Waals surface area contributed by atoms with Crippen molar-refractivity contribution < 1.29 is 19.3 Å². The van der Waals surface area contributed by atoms with E-state index >= 15 is 0 Å². The highest BCUT2D eigenvalue weighted by Gasteiger charge is 2.21. The number of aliphatic hydroxyl groups excluding tert-OH is 1. The second-order valence-corrected chi connectivity index (χ2v) is 4.16. The Bertz CT molecular complexity index is 155. The highest BCUT2D eigenvalue weighted by molar-refractivity contribution is 4.62. The van der Waals surface area contributed by atoms with E-state index in [1.54, 1.807) is 0 Å². The molecular formula is C12H24O4. The average molecular weight is 232 g/mol.